The minimum absolute atomic E-state index is 0.411. The predicted molar refractivity (Wildman–Crippen MR) is 87.2 cm³/mol. The summed E-state index contributed by atoms with van der Waals surface area (Å²) in [5.74, 6) is 0. The molecular weight excluding hydrogens is 306 g/mol. The van der Waals surface area contributed by atoms with Crippen molar-refractivity contribution in [2.75, 3.05) is 32.7 Å². The van der Waals surface area contributed by atoms with E-state index in [0.717, 1.165) is 38.3 Å². The molecule has 1 aliphatic rings. The highest BCUT2D eigenvalue weighted by molar-refractivity contribution is 7.91. The van der Waals surface area contributed by atoms with Crippen molar-refractivity contribution in [2.24, 2.45) is 0 Å². The lowest BCUT2D eigenvalue weighted by molar-refractivity contribution is 0.233. The normalized spacial score (nSPS) is 17.2. The standard InChI is InChI=1S/C14H25N3O2S2/c1-2-15-11-13-10-14(20-12-13)21(18,19)16-6-9-17-7-4-3-5-8-17/h10,12,15-16H,2-9,11H2,1H3. The van der Waals surface area contributed by atoms with Crippen LogP contribution in [0.1, 0.15) is 31.7 Å². The lowest BCUT2D eigenvalue weighted by atomic mass is 10.1. The molecule has 0 radical (unpaired) electrons. The van der Waals surface area contributed by atoms with Gasteiger partial charge >= 0.3 is 0 Å². The van der Waals surface area contributed by atoms with Crippen LogP contribution >= 0.6 is 11.3 Å². The van der Waals surface area contributed by atoms with Crippen LogP contribution in [0.4, 0.5) is 0 Å². The molecule has 120 valence electrons. The number of rotatable bonds is 8. The van der Waals surface area contributed by atoms with Gasteiger partial charge in [0.05, 0.1) is 0 Å². The molecular formula is C14H25N3O2S2. The average molecular weight is 332 g/mol. The van der Waals surface area contributed by atoms with Crippen LogP contribution in [0.2, 0.25) is 0 Å². The van der Waals surface area contributed by atoms with Gasteiger partial charge in [-0.15, -0.1) is 11.3 Å². The number of piperidine rings is 1. The minimum Gasteiger partial charge on any atom is -0.313 e. The van der Waals surface area contributed by atoms with Crippen LogP contribution < -0.4 is 10.0 Å². The van der Waals surface area contributed by atoms with E-state index in [0.29, 0.717) is 10.8 Å². The Morgan fingerprint density at radius 3 is 2.76 bits per heavy atom. The molecule has 21 heavy (non-hydrogen) atoms. The van der Waals surface area contributed by atoms with Crippen LogP contribution in [0, 0.1) is 0 Å². The van der Waals surface area contributed by atoms with E-state index < -0.39 is 10.0 Å². The van der Waals surface area contributed by atoms with Gasteiger partial charge in [0.15, 0.2) is 0 Å². The van der Waals surface area contributed by atoms with Crippen LogP contribution in [0.25, 0.3) is 0 Å². The molecule has 2 rings (SSSR count). The molecule has 0 unspecified atom stereocenters. The van der Waals surface area contributed by atoms with Crippen LogP contribution in [0.3, 0.4) is 0 Å². The number of sulfonamides is 1. The molecule has 0 aromatic carbocycles. The van der Waals surface area contributed by atoms with Crippen molar-refractivity contribution in [3.8, 4) is 0 Å². The summed E-state index contributed by atoms with van der Waals surface area (Å²) >= 11 is 1.29. The third-order valence-corrected chi connectivity index (χ3v) is 6.59. The molecule has 1 aromatic heterocycles. The zero-order chi connectivity index (χ0) is 15.1. The fourth-order valence-corrected chi connectivity index (χ4v) is 4.72. The van der Waals surface area contributed by atoms with Crippen molar-refractivity contribution in [2.45, 2.75) is 36.9 Å². The van der Waals surface area contributed by atoms with Gasteiger partial charge in [0.25, 0.3) is 0 Å². The van der Waals surface area contributed by atoms with Gasteiger partial charge in [-0.05, 0) is 49.5 Å². The molecule has 0 spiro atoms. The average Bonchev–Trinajstić information content (AvgIpc) is 2.96. The lowest BCUT2D eigenvalue weighted by Gasteiger charge is -2.26. The molecule has 0 aliphatic carbocycles. The van der Waals surface area contributed by atoms with Crippen LogP contribution in [0.5, 0.6) is 0 Å². The summed E-state index contributed by atoms with van der Waals surface area (Å²) in [5, 5.41) is 5.10. The Hall–Kier alpha value is -0.470. The Morgan fingerprint density at radius 2 is 2.05 bits per heavy atom. The summed E-state index contributed by atoms with van der Waals surface area (Å²) in [5.41, 5.74) is 1.03. The van der Waals surface area contributed by atoms with Gasteiger partial charge in [-0.25, -0.2) is 13.1 Å². The van der Waals surface area contributed by atoms with E-state index >= 15 is 0 Å². The van der Waals surface area contributed by atoms with Gasteiger partial charge in [-0.3, -0.25) is 0 Å². The first-order valence-electron chi connectivity index (χ1n) is 7.62. The van der Waals surface area contributed by atoms with Gasteiger partial charge in [0.2, 0.25) is 10.0 Å². The van der Waals surface area contributed by atoms with E-state index in [1.54, 1.807) is 6.07 Å². The van der Waals surface area contributed by atoms with Crippen LogP contribution in [-0.2, 0) is 16.6 Å². The molecule has 1 fully saturated rings. The lowest BCUT2D eigenvalue weighted by Crippen LogP contribution is -2.37. The maximum atomic E-state index is 12.2. The van der Waals surface area contributed by atoms with Crippen molar-refractivity contribution in [3.05, 3.63) is 17.0 Å². The predicted octanol–water partition coefficient (Wildman–Crippen LogP) is 1.62. The minimum atomic E-state index is -3.35. The maximum absolute atomic E-state index is 12.2. The molecule has 1 saturated heterocycles. The van der Waals surface area contributed by atoms with E-state index in [1.807, 2.05) is 12.3 Å². The Morgan fingerprint density at radius 1 is 1.29 bits per heavy atom. The Bertz CT molecular complexity index is 522. The molecule has 0 bridgehead atoms. The monoisotopic (exact) mass is 331 g/mol. The molecule has 0 amide bonds. The molecule has 7 heteroatoms. The molecule has 1 aromatic rings. The number of nitrogens with one attached hydrogen (secondary N) is 2. The number of thiophene rings is 1. The van der Waals surface area contributed by atoms with E-state index in [-0.39, 0.29) is 0 Å². The third kappa shape index (κ3) is 5.34. The second-order valence-corrected chi connectivity index (χ2v) is 8.26. The highest BCUT2D eigenvalue weighted by atomic mass is 32.2. The van der Waals surface area contributed by atoms with Gasteiger partial charge in [-0.2, -0.15) is 0 Å². The van der Waals surface area contributed by atoms with Crippen LogP contribution in [-0.4, -0.2) is 46.0 Å². The summed E-state index contributed by atoms with van der Waals surface area (Å²) in [7, 11) is -3.35. The second kappa shape index (κ2) is 8.24. The van der Waals surface area contributed by atoms with E-state index in [1.165, 1.54) is 30.6 Å². The van der Waals surface area contributed by atoms with Crippen molar-refractivity contribution >= 4 is 21.4 Å². The van der Waals surface area contributed by atoms with E-state index in [2.05, 4.69) is 14.9 Å². The highest BCUT2D eigenvalue weighted by Crippen LogP contribution is 2.20. The van der Waals surface area contributed by atoms with Gasteiger partial charge in [0, 0.05) is 19.6 Å². The fraction of sp³-hybridized carbons (Fsp3) is 0.714. The molecule has 1 aliphatic heterocycles. The SMILES string of the molecule is CCNCc1csc(S(=O)(=O)NCCN2CCCCC2)c1. The number of hydrogen-bond acceptors (Lipinski definition) is 5. The summed E-state index contributed by atoms with van der Waals surface area (Å²) in [6.07, 6.45) is 3.75. The van der Waals surface area contributed by atoms with E-state index in [4.69, 9.17) is 0 Å². The van der Waals surface area contributed by atoms with Gasteiger partial charge in [0.1, 0.15) is 4.21 Å². The van der Waals surface area contributed by atoms with Crippen molar-refractivity contribution in [1.29, 1.82) is 0 Å². The molecule has 2 heterocycles. The van der Waals surface area contributed by atoms with Gasteiger partial charge < -0.3 is 10.2 Å². The van der Waals surface area contributed by atoms with Gasteiger partial charge in [-0.1, -0.05) is 13.3 Å². The first-order chi connectivity index (χ1) is 10.1. The molecule has 0 atom stereocenters. The fourth-order valence-electron chi connectivity index (χ4n) is 2.45. The largest absolute Gasteiger partial charge is 0.313 e. The third-order valence-electron chi connectivity index (χ3n) is 3.64. The molecule has 5 nitrogen and oxygen atoms in total. The molecule has 2 N–H and O–H groups in total. The van der Waals surface area contributed by atoms with Crippen molar-refractivity contribution in [3.63, 3.8) is 0 Å². The Labute approximate surface area is 131 Å². The summed E-state index contributed by atoms with van der Waals surface area (Å²) in [6.45, 7) is 7.10. The number of nitrogens with zero attached hydrogens (tertiary/aromatic N) is 1. The number of likely N-dealkylation sites (tertiary alicyclic amines) is 1. The quantitative estimate of drug-likeness (QED) is 0.760. The smallest absolute Gasteiger partial charge is 0.250 e. The van der Waals surface area contributed by atoms with Crippen molar-refractivity contribution < 1.29 is 8.42 Å². The highest BCUT2D eigenvalue weighted by Gasteiger charge is 2.17. The Balaban J connectivity index is 1.81. The summed E-state index contributed by atoms with van der Waals surface area (Å²) in [4.78, 5) is 2.33. The maximum Gasteiger partial charge on any atom is 0.250 e. The van der Waals surface area contributed by atoms with Crippen molar-refractivity contribution in [1.82, 2.24) is 14.9 Å². The topological polar surface area (TPSA) is 61.4 Å². The first kappa shape index (κ1) is 16.9. The summed E-state index contributed by atoms with van der Waals surface area (Å²) < 4.78 is 27.6. The number of hydrogen-bond donors (Lipinski definition) is 2. The summed E-state index contributed by atoms with van der Waals surface area (Å²) in [6, 6.07) is 1.76. The molecule has 0 saturated carbocycles. The first-order valence-corrected chi connectivity index (χ1v) is 9.98. The van der Waals surface area contributed by atoms with E-state index in [9.17, 15) is 8.42 Å². The zero-order valence-corrected chi connectivity index (χ0v) is 14.2. The second-order valence-electron chi connectivity index (χ2n) is 5.35. The van der Waals surface area contributed by atoms with Crippen LogP contribution in [0.15, 0.2) is 15.7 Å². The zero-order valence-electron chi connectivity index (χ0n) is 12.6. The Kier molecular flexibility index (Phi) is 6.63.